The number of carboxylic acids is 1. The maximum Gasteiger partial charge on any atom is 0.303 e. The molecule has 21 heavy (non-hydrogen) atoms. The zero-order valence-electron chi connectivity index (χ0n) is 11.2. The van der Waals surface area contributed by atoms with Gasteiger partial charge in [-0.1, -0.05) is 6.07 Å². The fourth-order valence-corrected chi connectivity index (χ4v) is 2.35. The molecule has 0 radical (unpaired) electrons. The highest BCUT2D eigenvalue weighted by Gasteiger charge is 2.14. The van der Waals surface area contributed by atoms with Gasteiger partial charge in [0.15, 0.2) is 0 Å². The lowest BCUT2D eigenvalue weighted by molar-refractivity contribution is -0.136. The van der Waals surface area contributed by atoms with Crippen molar-refractivity contribution >= 4 is 11.6 Å². The van der Waals surface area contributed by atoms with E-state index in [0.717, 1.165) is 16.9 Å². The van der Waals surface area contributed by atoms with Gasteiger partial charge in [0, 0.05) is 18.2 Å². The van der Waals surface area contributed by atoms with Crippen LogP contribution in [0.25, 0.3) is 16.9 Å². The Morgan fingerprint density at radius 3 is 2.67 bits per heavy atom. The third-order valence-electron chi connectivity index (χ3n) is 3.32. The summed E-state index contributed by atoms with van der Waals surface area (Å²) in [4.78, 5) is 15.4. The SMILES string of the molecule is O=C(O)CCc1c(-c2ccc(F)cc2)nc2ccccn12. The zero-order chi connectivity index (χ0) is 14.8. The molecule has 0 aliphatic rings. The summed E-state index contributed by atoms with van der Waals surface area (Å²) in [6, 6.07) is 11.7. The van der Waals surface area contributed by atoms with Crippen LogP contribution in [-0.4, -0.2) is 20.5 Å². The Balaban J connectivity index is 2.13. The van der Waals surface area contributed by atoms with E-state index < -0.39 is 5.97 Å². The lowest BCUT2D eigenvalue weighted by Gasteiger charge is -2.04. The average molecular weight is 284 g/mol. The Kier molecular flexibility index (Phi) is 3.39. The second-order valence-electron chi connectivity index (χ2n) is 4.74. The number of aliphatic carboxylic acids is 1. The molecule has 1 aromatic carbocycles. The number of imidazole rings is 1. The summed E-state index contributed by atoms with van der Waals surface area (Å²) in [5, 5.41) is 8.90. The van der Waals surface area contributed by atoms with E-state index in [9.17, 15) is 9.18 Å². The molecule has 0 atom stereocenters. The van der Waals surface area contributed by atoms with Crippen LogP contribution in [-0.2, 0) is 11.2 Å². The number of aromatic nitrogens is 2. The van der Waals surface area contributed by atoms with Crippen molar-refractivity contribution in [3.8, 4) is 11.3 Å². The molecule has 0 bridgehead atoms. The van der Waals surface area contributed by atoms with Crippen molar-refractivity contribution < 1.29 is 14.3 Å². The number of hydrogen-bond donors (Lipinski definition) is 1. The van der Waals surface area contributed by atoms with Crippen molar-refractivity contribution in [2.75, 3.05) is 0 Å². The summed E-state index contributed by atoms with van der Waals surface area (Å²) in [7, 11) is 0. The van der Waals surface area contributed by atoms with Crippen LogP contribution in [0.4, 0.5) is 4.39 Å². The molecule has 0 saturated carbocycles. The van der Waals surface area contributed by atoms with Crippen molar-refractivity contribution in [3.05, 3.63) is 60.2 Å². The predicted molar refractivity (Wildman–Crippen MR) is 76.5 cm³/mol. The van der Waals surface area contributed by atoms with Gasteiger partial charge >= 0.3 is 5.97 Å². The van der Waals surface area contributed by atoms with E-state index in [2.05, 4.69) is 4.98 Å². The molecule has 2 heterocycles. The van der Waals surface area contributed by atoms with Gasteiger partial charge in [-0.3, -0.25) is 4.79 Å². The van der Waals surface area contributed by atoms with E-state index in [-0.39, 0.29) is 12.2 Å². The highest BCUT2D eigenvalue weighted by atomic mass is 19.1. The first kappa shape index (κ1) is 13.3. The third kappa shape index (κ3) is 2.63. The minimum Gasteiger partial charge on any atom is -0.481 e. The van der Waals surface area contributed by atoms with Crippen LogP contribution < -0.4 is 0 Å². The smallest absolute Gasteiger partial charge is 0.303 e. The van der Waals surface area contributed by atoms with E-state index in [1.807, 2.05) is 28.8 Å². The van der Waals surface area contributed by atoms with Gasteiger partial charge in [-0.15, -0.1) is 0 Å². The maximum atomic E-state index is 13.1. The van der Waals surface area contributed by atoms with Crippen molar-refractivity contribution in [2.24, 2.45) is 0 Å². The first-order chi connectivity index (χ1) is 10.1. The number of hydrogen-bond acceptors (Lipinski definition) is 2. The van der Waals surface area contributed by atoms with Gasteiger partial charge in [-0.05, 0) is 36.4 Å². The van der Waals surface area contributed by atoms with Crippen LogP contribution in [0.3, 0.4) is 0 Å². The molecule has 0 amide bonds. The Morgan fingerprint density at radius 1 is 1.19 bits per heavy atom. The third-order valence-corrected chi connectivity index (χ3v) is 3.32. The number of rotatable bonds is 4. The molecule has 0 aliphatic heterocycles. The molecule has 106 valence electrons. The molecule has 0 unspecified atom stereocenters. The number of aryl methyl sites for hydroxylation is 1. The number of carbonyl (C=O) groups is 1. The summed E-state index contributed by atoms with van der Waals surface area (Å²) in [5.41, 5.74) is 3.04. The van der Waals surface area contributed by atoms with E-state index in [4.69, 9.17) is 5.11 Å². The van der Waals surface area contributed by atoms with Gasteiger partial charge in [-0.2, -0.15) is 0 Å². The lowest BCUT2D eigenvalue weighted by Crippen LogP contribution is -2.01. The highest BCUT2D eigenvalue weighted by molar-refractivity contribution is 5.70. The minimum absolute atomic E-state index is 0.0247. The van der Waals surface area contributed by atoms with E-state index >= 15 is 0 Å². The molecule has 3 rings (SSSR count). The number of carboxylic acid groups (broad SMARTS) is 1. The average Bonchev–Trinajstić information content (AvgIpc) is 2.84. The quantitative estimate of drug-likeness (QED) is 0.800. The van der Waals surface area contributed by atoms with Crippen LogP contribution in [0.15, 0.2) is 48.7 Å². The molecule has 0 fully saturated rings. The number of nitrogens with zero attached hydrogens (tertiary/aromatic N) is 2. The fraction of sp³-hybridized carbons (Fsp3) is 0.125. The zero-order valence-corrected chi connectivity index (χ0v) is 11.2. The Morgan fingerprint density at radius 2 is 1.95 bits per heavy atom. The van der Waals surface area contributed by atoms with Crippen LogP contribution in [0.1, 0.15) is 12.1 Å². The lowest BCUT2D eigenvalue weighted by atomic mass is 10.1. The standard InChI is InChI=1S/C16H13FN2O2/c17-12-6-4-11(5-7-12)16-13(8-9-15(20)21)19-10-2-1-3-14(19)18-16/h1-7,10H,8-9H2,(H,20,21). The fourth-order valence-electron chi connectivity index (χ4n) is 2.35. The van der Waals surface area contributed by atoms with Crippen molar-refractivity contribution in [1.82, 2.24) is 9.38 Å². The van der Waals surface area contributed by atoms with Gasteiger partial charge < -0.3 is 9.51 Å². The molecule has 4 nitrogen and oxygen atoms in total. The van der Waals surface area contributed by atoms with Crippen molar-refractivity contribution in [1.29, 1.82) is 0 Å². The normalized spacial score (nSPS) is 10.9. The highest BCUT2D eigenvalue weighted by Crippen LogP contribution is 2.25. The van der Waals surface area contributed by atoms with Gasteiger partial charge in [0.2, 0.25) is 0 Å². The van der Waals surface area contributed by atoms with Gasteiger partial charge in [0.25, 0.3) is 0 Å². The Hall–Kier alpha value is -2.69. The van der Waals surface area contributed by atoms with Gasteiger partial charge in [0.1, 0.15) is 11.5 Å². The number of halogens is 1. The molecular weight excluding hydrogens is 271 g/mol. The van der Waals surface area contributed by atoms with E-state index in [1.165, 1.54) is 12.1 Å². The van der Waals surface area contributed by atoms with Crippen LogP contribution in [0, 0.1) is 5.82 Å². The molecule has 1 N–H and O–H groups in total. The number of pyridine rings is 1. The second-order valence-corrected chi connectivity index (χ2v) is 4.74. The predicted octanol–water partition coefficient (Wildman–Crippen LogP) is 3.16. The molecule has 0 saturated heterocycles. The topological polar surface area (TPSA) is 54.6 Å². The molecule has 3 aromatic rings. The number of fused-ring (bicyclic) bond motifs is 1. The molecule has 0 spiro atoms. The second kappa shape index (κ2) is 5.36. The Labute approximate surface area is 120 Å². The Bertz CT molecular complexity index is 794. The summed E-state index contributed by atoms with van der Waals surface area (Å²) < 4.78 is 14.9. The van der Waals surface area contributed by atoms with Crippen LogP contribution >= 0.6 is 0 Å². The van der Waals surface area contributed by atoms with Crippen LogP contribution in [0.2, 0.25) is 0 Å². The summed E-state index contributed by atoms with van der Waals surface area (Å²) in [6.45, 7) is 0. The summed E-state index contributed by atoms with van der Waals surface area (Å²) >= 11 is 0. The van der Waals surface area contributed by atoms with Gasteiger partial charge in [0.05, 0.1) is 17.8 Å². The van der Waals surface area contributed by atoms with Crippen LogP contribution in [0.5, 0.6) is 0 Å². The molecular formula is C16H13FN2O2. The van der Waals surface area contributed by atoms with Crippen molar-refractivity contribution in [2.45, 2.75) is 12.8 Å². The largest absolute Gasteiger partial charge is 0.481 e. The minimum atomic E-state index is -0.856. The number of benzene rings is 1. The summed E-state index contributed by atoms with van der Waals surface area (Å²) in [5.74, 6) is -1.17. The maximum absolute atomic E-state index is 13.1. The molecule has 0 aliphatic carbocycles. The molecule has 2 aromatic heterocycles. The molecule has 5 heteroatoms. The first-order valence-electron chi connectivity index (χ1n) is 6.59. The van der Waals surface area contributed by atoms with Gasteiger partial charge in [-0.25, -0.2) is 9.37 Å². The van der Waals surface area contributed by atoms with Crippen molar-refractivity contribution in [3.63, 3.8) is 0 Å². The van der Waals surface area contributed by atoms with E-state index in [1.54, 1.807) is 12.1 Å². The van der Waals surface area contributed by atoms with E-state index in [0.29, 0.717) is 12.1 Å². The monoisotopic (exact) mass is 284 g/mol. The summed E-state index contributed by atoms with van der Waals surface area (Å²) in [6.07, 6.45) is 2.25. The first-order valence-corrected chi connectivity index (χ1v) is 6.59.